The zero-order valence-corrected chi connectivity index (χ0v) is 6.18. The normalized spacial score (nSPS) is 9.36. The summed E-state index contributed by atoms with van der Waals surface area (Å²) in [5.41, 5.74) is 0. The third-order valence-electron chi connectivity index (χ3n) is 1.07. The second-order valence-corrected chi connectivity index (χ2v) is 2.23. The van der Waals surface area contributed by atoms with Crippen molar-refractivity contribution in [3.8, 4) is 5.75 Å². The minimum Gasteiger partial charge on any atom is -0.535 e. The van der Waals surface area contributed by atoms with Gasteiger partial charge in [0.2, 0.25) is 0 Å². The molecule has 0 aromatic heterocycles. The van der Waals surface area contributed by atoms with Crippen LogP contribution in [0.2, 0.25) is 5.02 Å². The predicted octanol–water partition coefficient (Wildman–Crippen LogP) is 1.38. The van der Waals surface area contributed by atoms with E-state index in [1.165, 1.54) is 12.1 Å². The highest BCUT2D eigenvalue weighted by Gasteiger charge is 2.03. The van der Waals surface area contributed by atoms with Crippen molar-refractivity contribution in [1.82, 2.24) is 0 Å². The van der Waals surface area contributed by atoms with Crippen LogP contribution < -0.4 is 4.65 Å². The van der Waals surface area contributed by atoms with Gasteiger partial charge >= 0.3 is 7.69 Å². The van der Waals surface area contributed by atoms with E-state index in [1.807, 2.05) is 0 Å². The van der Waals surface area contributed by atoms with Crippen LogP contribution in [0.3, 0.4) is 0 Å². The van der Waals surface area contributed by atoms with Gasteiger partial charge in [-0.1, -0.05) is 11.6 Å². The van der Waals surface area contributed by atoms with Crippen molar-refractivity contribution < 1.29 is 14.1 Å². The first-order chi connectivity index (χ1) is 5.24. The third-order valence-corrected chi connectivity index (χ3v) is 1.31. The molecule has 0 heterocycles. The Hall–Kier alpha value is -0.735. The standard InChI is InChI=1S/C6H4BClFO2/c8-4-1-2-5(9)6(3-4)11-7-10/h1-3,10H. The van der Waals surface area contributed by atoms with Crippen LogP contribution in [0.4, 0.5) is 4.39 Å². The van der Waals surface area contributed by atoms with Gasteiger partial charge in [-0.25, -0.2) is 4.39 Å². The number of rotatable bonds is 2. The van der Waals surface area contributed by atoms with E-state index in [-0.39, 0.29) is 5.75 Å². The molecular formula is C6H4BClFO2. The topological polar surface area (TPSA) is 29.5 Å². The van der Waals surface area contributed by atoms with Gasteiger partial charge in [-0.2, -0.15) is 0 Å². The van der Waals surface area contributed by atoms with Gasteiger partial charge in [-0.3, -0.25) is 0 Å². The average molecular weight is 173 g/mol. The van der Waals surface area contributed by atoms with Crippen LogP contribution in [0.25, 0.3) is 0 Å². The molecule has 1 radical (unpaired) electrons. The third kappa shape index (κ3) is 2.10. The number of hydrogen-bond donors (Lipinski definition) is 1. The molecule has 0 spiro atoms. The molecule has 0 aliphatic rings. The molecule has 1 rings (SSSR count). The lowest BCUT2D eigenvalue weighted by molar-refractivity contribution is 0.432. The molecule has 0 bridgehead atoms. The van der Waals surface area contributed by atoms with Gasteiger partial charge in [0.05, 0.1) is 0 Å². The maximum Gasteiger partial charge on any atom is 0.569 e. The lowest BCUT2D eigenvalue weighted by atomic mass is 10.3. The van der Waals surface area contributed by atoms with Gasteiger partial charge in [0.1, 0.15) is 5.75 Å². The van der Waals surface area contributed by atoms with E-state index in [9.17, 15) is 4.39 Å². The van der Waals surface area contributed by atoms with Gasteiger partial charge in [0.15, 0.2) is 5.82 Å². The zero-order valence-electron chi connectivity index (χ0n) is 5.42. The summed E-state index contributed by atoms with van der Waals surface area (Å²) in [6.07, 6.45) is 0. The first-order valence-corrected chi connectivity index (χ1v) is 3.19. The van der Waals surface area contributed by atoms with Gasteiger partial charge in [-0.05, 0) is 12.1 Å². The smallest absolute Gasteiger partial charge is 0.535 e. The maximum atomic E-state index is 12.6. The summed E-state index contributed by atoms with van der Waals surface area (Å²) in [7, 11) is 0.398. The van der Waals surface area contributed by atoms with E-state index in [1.54, 1.807) is 0 Å². The summed E-state index contributed by atoms with van der Waals surface area (Å²) in [6, 6.07) is 3.81. The molecule has 0 unspecified atom stereocenters. The second kappa shape index (κ2) is 3.60. The molecule has 0 aliphatic carbocycles. The van der Waals surface area contributed by atoms with Crippen molar-refractivity contribution >= 4 is 19.3 Å². The van der Waals surface area contributed by atoms with Crippen LogP contribution in [0.1, 0.15) is 0 Å². The summed E-state index contributed by atoms with van der Waals surface area (Å²) in [6.45, 7) is 0. The highest BCUT2D eigenvalue weighted by Crippen LogP contribution is 2.20. The molecule has 1 aromatic rings. The molecule has 0 saturated heterocycles. The summed E-state index contributed by atoms with van der Waals surface area (Å²) in [4.78, 5) is 0. The van der Waals surface area contributed by atoms with E-state index in [0.717, 1.165) is 6.07 Å². The Kier molecular flexibility index (Phi) is 2.73. The molecule has 0 saturated carbocycles. The fraction of sp³-hybridized carbons (Fsp3) is 0. The van der Waals surface area contributed by atoms with Crippen molar-refractivity contribution in [2.24, 2.45) is 0 Å². The molecule has 0 aliphatic heterocycles. The Morgan fingerprint density at radius 1 is 1.55 bits per heavy atom. The summed E-state index contributed by atoms with van der Waals surface area (Å²) in [5.74, 6) is -0.667. The van der Waals surface area contributed by atoms with Gasteiger partial charge in [-0.15, -0.1) is 0 Å². The summed E-state index contributed by atoms with van der Waals surface area (Å²) < 4.78 is 17.0. The second-order valence-electron chi connectivity index (χ2n) is 1.80. The minimum absolute atomic E-state index is 0.0972. The van der Waals surface area contributed by atoms with Crippen LogP contribution in [0, 0.1) is 5.82 Å². The Labute approximate surface area is 68.9 Å². The van der Waals surface area contributed by atoms with E-state index in [4.69, 9.17) is 16.6 Å². The van der Waals surface area contributed by atoms with Crippen molar-refractivity contribution in [3.63, 3.8) is 0 Å². The molecule has 1 aromatic carbocycles. The monoisotopic (exact) mass is 173 g/mol. The fourth-order valence-corrected chi connectivity index (χ4v) is 0.786. The van der Waals surface area contributed by atoms with Gasteiger partial charge in [0, 0.05) is 11.1 Å². The molecule has 11 heavy (non-hydrogen) atoms. The predicted molar refractivity (Wildman–Crippen MR) is 40.0 cm³/mol. The molecule has 0 atom stereocenters. The van der Waals surface area contributed by atoms with Crippen molar-refractivity contribution in [2.45, 2.75) is 0 Å². The van der Waals surface area contributed by atoms with Crippen LogP contribution in [0.5, 0.6) is 5.75 Å². The van der Waals surface area contributed by atoms with E-state index < -0.39 is 5.82 Å². The van der Waals surface area contributed by atoms with Crippen LogP contribution in [0.15, 0.2) is 18.2 Å². The molecule has 5 heteroatoms. The average Bonchev–Trinajstić information content (AvgIpc) is 1.98. The first-order valence-electron chi connectivity index (χ1n) is 2.81. The van der Waals surface area contributed by atoms with Crippen LogP contribution in [-0.2, 0) is 0 Å². The molecule has 0 fully saturated rings. The number of hydrogen-bond acceptors (Lipinski definition) is 2. The molecule has 57 valence electrons. The molecule has 0 amide bonds. The summed E-state index contributed by atoms with van der Waals surface area (Å²) in [5, 5.41) is 8.53. The Morgan fingerprint density at radius 2 is 2.27 bits per heavy atom. The summed E-state index contributed by atoms with van der Waals surface area (Å²) >= 11 is 5.51. The number of halogens is 2. The van der Waals surface area contributed by atoms with E-state index in [0.29, 0.717) is 12.7 Å². The van der Waals surface area contributed by atoms with Crippen LogP contribution >= 0.6 is 11.6 Å². The van der Waals surface area contributed by atoms with Gasteiger partial charge < -0.3 is 9.68 Å². The SMILES string of the molecule is O[B]Oc1cc(Cl)ccc1F. The Morgan fingerprint density at radius 3 is 2.91 bits per heavy atom. The largest absolute Gasteiger partial charge is 0.569 e. The zero-order chi connectivity index (χ0) is 8.27. The van der Waals surface area contributed by atoms with E-state index in [2.05, 4.69) is 4.65 Å². The molecule has 1 N–H and O–H groups in total. The minimum atomic E-state index is -0.570. The fourth-order valence-electron chi connectivity index (χ4n) is 0.624. The van der Waals surface area contributed by atoms with Crippen molar-refractivity contribution in [1.29, 1.82) is 0 Å². The molecular weight excluding hydrogens is 169 g/mol. The molecule has 2 nitrogen and oxygen atoms in total. The lowest BCUT2D eigenvalue weighted by Crippen LogP contribution is -2.01. The quantitative estimate of drug-likeness (QED) is 0.685. The van der Waals surface area contributed by atoms with Gasteiger partial charge in [0.25, 0.3) is 0 Å². The maximum absolute atomic E-state index is 12.6. The van der Waals surface area contributed by atoms with Crippen LogP contribution in [-0.4, -0.2) is 12.7 Å². The highest BCUT2D eigenvalue weighted by molar-refractivity contribution is 6.30. The Balaban J connectivity index is 2.93. The lowest BCUT2D eigenvalue weighted by Gasteiger charge is -2.01. The highest BCUT2D eigenvalue weighted by atomic mass is 35.5. The first kappa shape index (κ1) is 8.36. The Bertz CT molecular complexity index is 256. The number of benzene rings is 1. The van der Waals surface area contributed by atoms with Crippen molar-refractivity contribution in [2.75, 3.05) is 0 Å². The van der Waals surface area contributed by atoms with Crippen molar-refractivity contribution in [3.05, 3.63) is 29.0 Å². The van der Waals surface area contributed by atoms with E-state index >= 15 is 0 Å².